The molecule has 0 bridgehead atoms. The molecule has 16 heavy (non-hydrogen) atoms. The van der Waals surface area contributed by atoms with Gasteiger partial charge in [0.15, 0.2) is 5.52 Å². The van der Waals surface area contributed by atoms with Crippen LogP contribution in [0.2, 0.25) is 0 Å². The van der Waals surface area contributed by atoms with E-state index in [9.17, 15) is 10.1 Å². The zero-order chi connectivity index (χ0) is 11.1. The second kappa shape index (κ2) is 3.03. The lowest BCUT2D eigenvalue weighted by atomic mass is 10.1. The lowest BCUT2D eigenvalue weighted by Gasteiger charge is -1.95. The summed E-state index contributed by atoms with van der Waals surface area (Å²) in [6, 6.07) is 8.50. The molecule has 3 aromatic rings. The number of nitrogens with zero attached hydrogens (tertiary/aromatic N) is 2. The average Bonchev–Trinajstić information content (AvgIpc) is 2.76. The Bertz CT molecular complexity index is 703. The maximum atomic E-state index is 10.6. The summed E-state index contributed by atoms with van der Waals surface area (Å²) in [5.41, 5.74) is 1.28. The number of furan rings is 1. The molecule has 0 saturated carbocycles. The van der Waals surface area contributed by atoms with Gasteiger partial charge >= 0.3 is 5.82 Å². The van der Waals surface area contributed by atoms with Crippen LogP contribution < -0.4 is 0 Å². The fourth-order valence-corrected chi connectivity index (χ4v) is 1.72. The van der Waals surface area contributed by atoms with Crippen LogP contribution in [0.25, 0.3) is 21.9 Å². The molecular weight excluding hydrogens is 208 g/mol. The first-order valence-electron chi connectivity index (χ1n) is 4.67. The molecule has 5 nitrogen and oxygen atoms in total. The topological polar surface area (TPSA) is 69.2 Å². The van der Waals surface area contributed by atoms with Gasteiger partial charge in [0.25, 0.3) is 0 Å². The molecule has 0 amide bonds. The number of fused-ring (bicyclic) bond motifs is 3. The Morgan fingerprint density at radius 1 is 1.19 bits per heavy atom. The van der Waals surface area contributed by atoms with Crippen molar-refractivity contribution in [2.75, 3.05) is 0 Å². The molecule has 0 saturated heterocycles. The molecule has 2 aromatic heterocycles. The van der Waals surface area contributed by atoms with E-state index in [-0.39, 0.29) is 5.82 Å². The number of rotatable bonds is 1. The second-order valence-electron chi connectivity index (χ2n) is 3.40. The van der Waals surface area contributed by atoms with Crippen LogP contribution in [0.15, 0.2) is 41.0 Å². The van der Waals surface area contributed by atoms with Crippen LogP contribution in [0, 0.1) is 10.1 Å². The molecule has 0 aliphatic rings. The van der Waals surface area contributed by atoms with E-state index in [0.717, 1.165) is 10.8 Å². The van der Waals surface area contributed by atoms with E-state index in [1.165, 1.54) is 6.07 Å². The summed E-state index contributed by atoms with van der Waals surface area (Å²) in [6.45, 7) is 0. The van der Waals surface area contributed by atoms with Crippen LogP contribution >= 0.6 is 0 Å². The summed E-state index contributed by atoms with van der Waals surface area (Å²) in [6.07, 6.45) is 1.55. The molecule has 0 aliphatic heterocycles. The molecule has 0 aliphatic carbocycles. The molecule has 0 radical (unpaired) electrons. The Morgan fingerprint density at radius 3 is 2.81 bits per heavy atom. The Kier molecular flexibility index (Phi) is 1.67. The van der Waals surface area contributed by atoms with Crippen molar-refractivity contribution >= 4 is 27.7 Å². The van der Waals surface area contributed by atoms with E-state index in [1.54, 1.807) is 18.4 Å². The number of aromatic nitrogens is 1. The molecule has 0 fully saturated rings. The van der Waals surface area contributed by atoms with Crippen molar-refractivity contribution in [2.45, 2.75) is 0 Å². The van der Waals surface area contributed by atoms with E-state index < -0.39 is 4.92 Å². The summed E-state index contributed by atoms with van der Waals surface area (Å²) in [7, 11) is 0. The third-order valence-corrected chi connectivity index (χ3v) is 2.46. The minimum absolute atomic E-state index is 0.152. The van der Waals surface area contributed by atoms with Gasteiger partial charge in [-0.15, -0.1) is 0 Å². The van der Waals surface area contributed by atoms with Crippen LogP contribution in [0.5, 0.6) is 0 Å². The second-order valence-corrected chi connectivity index (χ2v) is 3.40. The Labute approximate surface area is 89.5 Å². The van der Waals surface area contributed by atoms with E-state index in [1.807, 2.05) is 12.1 Å². The quantitative estimate of drug-likeness (QED) is 0.461. The first kappa shape index (κ1) is 8.84. The maximum absolute atomic E-state index is 10.6. The number of nitro groups is 1. The summed E-state index contributed by atoms with van der Waals surface area (Å²) >= 11 is 0. The smallest absolute Gasteiger partial charge is 0.364 e. The highest BCUT2D eigenvalue weighted by Crippen LogP contribution is 2.26. The van der Waals surface area contributed by atoms with Crippen LogP contribution in [0.3, 0.4) is 0 Å². The van der Waals surface area contributed by atoms with Crippen LogP contribution in [-0.4, -0.2) is 9.91 Å². The standard InChI is InChI=1S/C11H6N2O3/c14-13(15)10-4-2-7-1-3-9-8(5-6-16-9)11(7)12-10/h1-6H. The average molecular weight is 214 g/mol. The van der Waals surface area contributed by atoms with Crippen molar-refractivity contribution in [2.24, 2.45) is 0 Å². The first-order valence-corrected chi connectivity index (χ1v) is 4.67. The summed E-state index contributed by atoms with van der Waals surface area (Å²) in [4.78, 5) is 14.2. The summed E-state index contributed by atoms with van der Waals surface area (Å²) in [5, 5.41) is 12.3. The largest absolute Gasteiger partial charge is 0.464 e. The SMILES string of the molecule is O=[N+]([O-])c1ccc2ccc3occc3c2n1. The highest BCUT2D eigenvalue weighted by atomic mass is 16.6. The van der Waals surface area contributed by atoms with Gasteiger partial charge in [-0.05, 0) is 34.2 Å². The molecule has 0 atom stereocenters. The number of benzene rings is 1. The minimum atomic E-state index is -0.502. The van der Waals surface area contributed by atoms with Crippen molar-refractivity contribution in [3.8, 4) is 0 Å². The van der Waals surface area contributed by atoms with E-state index in [0.29, 0.717) is 11.1 Å². The highest BCUT2D eigenvalue weighted by molar-refractivity contribution is 6.03. The van der Waals surface area contributed by atoms with Gasteiger partial charge in [-0.2, -0.15) is 0 Å². The van der Waals surface area contributed by atoms with Crippen molar-refractivity contribution in [3.63, 3.8) is 0 Å². The molecule has 0 N–H and O–H groups in total. The van der Waals surface area contributed by atoms with Crippen LogP contribution in [0.4, 0.5) is 5.82 Å². The molecule has 3 rings (SSSR count). The lowest BCUT2D eigenvalue weighted by Crippen LogP contribution is -1.91. The summed E-state index contributed by atoms with van der Waals surface area (Å²) < 4.78 is 5.22. The molecule has 1 aromatic carbocycles. The zero-order valence-corrected chi connectivity index (χ0v) is 8.08. The van der Waals surface area contributed by atoms with Gasteiger partial charge in [-0.1, -0.05) is 0 Å². The summed E-state index contributed by atoms with van der Waals surface area (Å²) in [5.74, 6) is -0.152. The van der Waals surface area contributed by atoms with Gasteiger partial charge < -0.3 is 14.5 Å². The normalized spacial score (nSPS) is 11.0. The monoisotopic (exact) mass is 214 g/mol. The molecule has 0 unspecified atom stereocenters. The van der Waals surface area contributed by atoms with Gasteiger partial charge in [0.1, 0.15) is 5.58 Å². The van der Waals surface area contributed by atoms with E-state index in [4.69, 9.17) is 4.42 Å². The molecule has 5 heteroatoms. The third-order valence-electron chi connectivity index (χ3n) is 2.46. The van der Waals surface area contributed by atoms with Crippen LogP contribution in [0.1, 0.15) is 0 Å². The van der Waals surface area contributed by atoms with Gasteiger partial charge in [0, 0.05) is 11.5 Å². The zero-order valence-electron chi connectivity index (χ0n) is 8.08. The fourth-order valence-electron chi connectivity index (χ4n) is 1.72. The van der Waals surface area contributed by atoms with E-state index in [2.05, 4.69) is 4.98 Å². The fraction of sp³-hybridized carbons (Fsp3) is 0. The predicted octanol–water partition coefficient (Wildman–Crippen LogP) is 2.89. The molecular formula is C11H6N2O3. The third kappa shape index (κ3) is 1.15. The van der Waals surface area contributed by atoms with E-state index >= 15 is 0 Å². The van der Waals surface area contributed by atoms with Gasteiger partial charge in [-0.25, -0.2) is 0 Å². The van der Waals surface area contributed by atoms with Gasteiger partial charge in [0.2, 0.25) is 0 Å². The van der Waals surface area contributed by atoms with Gasteiger partial charge in [0.05, 0.1) is 11.6 Å². The molecule has 0 spiro atoms. The maximum Gasteiger partial charge on any atom is 0.364 e. The number of pyridine rings is 1. The Morgan fingerprint density at radius 2 is 2.00 bits per heavy atom. The van der Waals surface area contributed by atoms with Crippen molar-refractivity contribution in [3.05, 3.63) is 46.7 Å². The molecule has 78 valence electrons. The highest BCUT2D eigenvalue weighted by Gasteiger charge is 2.13. The Balaban J connectivity index is 2.46. The number of hydrogen-bond acceptors (Lipinski definition) is 4. The lowest BCUT2D eigenvalue weighted by molar-refractivity contribution is -0.389. The Hall–Kier alpha value is -2.43. The van der Waals surface area contributed by atoms with Crippen LogP contribution in [-0.2, 0) is 0 Å². The minimum Gasteiger partial charge on any atom is -0.464 e. The van der Waals surface area contributed by atoms with Crippen molar-refractivity contribution < 1.29 is 9.34 Å². The first-order chi connectivity index (χ1) is 7.75. The van der Waals surface area contributed by atoms with Gasteiger partial charge in [-0.3, -0.25) is 0 Å². The van der Waals surface area contributed by atoms with Crippen molar-refractivity contribution in [1.82, 2.24) is 4.98 Å². The predicted molar refractivity (Wildman–Crippen MR) is 58.2 cm³/mol. The van der Waals surface area contributed by atoms with Crippen molar-refractivity contribution in [1.29, 1.82) is 0 Å². The number of hydrogen-bond donors (Lipinski definition) is 0. The molecule has 2 heterocycles.